The summed E-state index contributed by atoms with van der Waals surface area (Å²) in [5.74, 6) is -4.52. The maximum Gasteiger partial charge on any atom is 0.560 e. The predicted octanol–water partition coefficient (Wildman–Crippen LogP) is 0.584. The van der Waals surface area contributed by atoms with Gasteiger partial charge in [-0.15, -0.1) is 0 Å². The summed E-state index contributed by atoms with van der Waals surface area (Å²) in [5.41, 5.74) is 0. The van der Waals surface area contributed by atoms with Crippen molar-refractivity contribution in [3.05, 3.63) is 24.3 Å². The van der Waals surface area contributed by atoms with E-state index in [1.807, 2.05) is 24.3 Å². The Balaban J connectivity index is 1.16. The number of rotatable bonds is 2. The number of hydrogen-bond acceptors (Lipinski definition) is 7. The number of carbonyl (C=O) groups is 5. The molecule has 4 unspecified atom stereocenters. The highest BCUT2D eigenvalue weighted by Gasteiger charge is 2.63. The normalized spacial score (nSPS) is 44.1. The van der Waals surface area contributed by atoms with Gasteiger partial charge in [-0.1, -0.05) is 34.4 Å². The Kier molecular flexibility index (Phi) is 2.91. The Hall–Kier alpha value is -2.97. The SMILES string of the molecule is O=C(ON1C(=O)C2C(C1=O)[C@H]1C=C[C@@H]2C1)ON1C(=O)C2C(C1=O)[C@H]1C=C[C@@H]2C1. The average molecular weight is 384 g/mol. The molecule has 2 heterocycles. The number of amides is 4. The molecule has 4 bridgehead atoms. The molecule has 2 saturated carbocycles. The fourth-order valence-electron chi connectivity index (χ4n) is 6.10. The summed E-state index contributed by atoms with van der Waals surface area (Å²) in [4.78, 5) is 71.9. The van der Waals surface area contributed by atoms with Gasteiger partial charge in [-0.3, -0.25) is 28.9 Å². The second kappa shape index (κ2) is 5.09. The molecule has 0 aromatic carbocycles. The van der Waals surface area contributed by atoms with Gasteiger partial charge in [0.2, 0.25) is 0 Å². The summed E-state index contributed by atoms with van der Waals surface area (Å²) >= 11 is 0. The number of hydroxylamine groups is 4. The predicted molar refractivity (Wildman–Crippen MR) is 86.7 cm³/mol. The number of carbonyl (C=O) groups excluding carboxylic acids is 5. The third-order valence-corrected chi connectivity index (χ3v) is 7.19. The molecule has 2 aliphatic heterocycles. The summed E-state index contributed by atoms with van der Waals surface area (Å²) in [7, 11) is 0. The fraction of sp³-hybridized carbons (Fsp3) is 0.526. The molecule has 8 atom stereocenters. The minimum Gasteiger partial charge on any atom is -0.293 e. The van der Waals surface area contributed by atoms with Crippen molar-refractivity contribution in [1.82, 2.24) is 10.1 Å². The highest BCUT2D eigenvalue weighted by Crippen LogP contribution is 2.53. The van der Waals surface area contributed by atoms with Crippen LogP contribution < -0.4 is 0 Å². The minimum absolute atomic E-state index is 0.0276. The molecule has 0 spiro atoms. The molecule has 28 heavy (non-hydrogen) atoms. The van der Waals surface area contributed by atoms with E-state index in [2.05, 4.69) is 0 Å². The standard InChI is InChI=1S/C19H16N2O7/c22-15-11-7-1-2-8(5-7)12(11)16(23)20(15)27-19(26)28-21-17(24)13-9-3-4-10(6-9)14(13)18(21)25/h1-4,7-14H,5-6H2/t7-,8+,9-,10+,11?,12?,13?,14?. The first kappa shape index (κ1) is 16.0. The van der Waals surface area contributed by atoms with Crippen LogP contribution in [0.3, 0.4) is 0 Å². The van der Waals surface area contributed by atoms with E-state index in [1.54, 1.807) is 0 Å². The van der Waals surface area contributed by atoms with Gasteiger partial charge in [0.05, 0.1) is 23.7 Å². The summed E-state index contributed by atoms with van der Waals surface area (Å²) in [6, 6.07) is 0. The first-order valence-corrected chi connectivity index (χ1v) is 9.48. The van der Waals surface area contributed by atoms with Crippen molar-refractivity contribution in [1.29, 1.82) is 0 Å². The number of nitrogens with zero attached hydrogens (tertiary/aromatic N) is 2. The Labute approximate surface area is 158 Å². The van der Waals surface area contributed by atoms with Crippen molar-refractivity contribution in [3.8, 4) is 0 Å². The molecule has 2 saturated heterocycles. The van der Waals surface area contributed by atoms with Crippen molar-refractivity contribution < 1.29 is 33.6 Å². The Morgan fingerprint density at radius 2 is 0.929 bits per heavy atom. The fourth-order valence-corrected chi connectivity index (χ4v) is 6.10. The summed E-state index contributed by atoms with van der Waals surface area (Å²) in [6.07, 6.45) is 7.73. The molecule has 4 aliphatic carbocycles. The van der Waals surface area contributed by atoms with Gasteiger partial charge in [0.15, 0.2) is 0 Å². The van der Waals surface area contributed by atoms with Crippen molar-refractivity contribution in [2.24, 2.45) is 47.3 Å². The molecule has 9 heteroatoms. The maximum absolute atomic E-state index is 12.5. The quantitative estimate of drug-likeness (QED) is 0.506. The zero-order chi connectivity index (χ0) is 19.3. The lowest BCUT2D eigenvalue weighted by molar-refractivity contribution is -0.200. The molecule has 0 aromatic rings. The molecule has 0 aromatic heterocycles. The van der Waals surface area contributed by atoms with Crippen LogP contribution in [0.5, 0.6) is 0 Å². The zero-order valence-electron chi connectivity index (χ0n) is 14.6. The second-order valence-corrected chi connectivity index (χ2v) is 8.37. The van der Waals surface area contributed by atoms with Gasteiger partial charge in [0.1, 0.15) is 0 Å². The van der Waals surface area contributed by atoms with E-state index in [1.165, 1.54) is 0 Å². The van der Waals surface area contributed by atoms with Crippen LogP contribution in [0.15, 0.2) is 24.3 Å². The van der Waals surface area contributed by atoms with E-state index in [-0.39, 0.29) is 23.7 Å². The average Bonchev–Trinajstić information content (AvgIpc) is 3.49. The first-order valence-electron chi connectivity index (χ1n) is 9.48. The zero-order valence-corrected chi connectivity index (χ0v) is 14.6. The lowest BCUT2D eigenvalue weighted by Crippen LogP contribution is -2.40. The van der Waals surface area contributed by atoms with Gasteiger partial charge in [-0.05, 0) is 36.5 Å². The third kappa shape index (κ3) is 1.79. The van der Waals surface area contributed by atoms with Gasteiger partial charge < -0.3 is 0 Å². The number of fused-ring (bicyclic) bond motifs is 10. The molecular weight excluding hydrogens is 368 g/mol. The van der Waals surface area contributed by atoms with Gasteiger partial charge in [0.25, 0.3) is 23.6 Å². The number of hydrogen-bond donors (Lipinski definition) is 0. The largest absolute Gasteiger partial charge is 0.560 e. The van der Waals surface area contributed by atoms with E-state index in [0.717, 1.165) is 12.8 Å². The number of allylic oxidation sites excluding steroid dienone is 4. The van der Waals surface area contributed by atoms with Crippen LogP contribution in [-0.4, -0.2) is 39.9 Å². The molecule has 144 valence electrons. The van der Waals surface area contributed by atoms with E-state index >= 15 is 0 Å². The molecule has 6 aliphatic rings. The van der Waals surface area contributed by atoms with Crippen molar-refractivity contribution in [2.75, 3.05) is 0 Å². The summed E-state index contributed by atoms with van der Waals surface area (Å²) < 4.78 is 0. The molecule has 6 rings (SSSR count). The van der Waals surface area contributed by atoms with E-state index in [9.17, 15) is 24.0 Å². The van der Waals surface area contributed by atoms with E-state index in [0.29, 0.717) is 10.1 Å². The highest BCUT2D eigenvalue weighted by molar-refractivity contribution is 6.07. The highest BCUT2D eigenvalue weighted by atomic mass is 16.9. The van der Waals surface area contributed by atoms with Crippen LogP contribution in [-0.2, 0) is 28.9 Å². The van der Waals surface area contributed by atoms with Crippen LogP contribution in [0.1, 0.15) is 12.8 Å². The van der Waals surface area contributed by atoms with Crippen molar-refractivity contribution >= 4 is 29.8 Å². The smallest absolute Gasteiger partial charge is 0.293 e. The third-order valence-electron chi connectivity index (χ3n) is 7.19. The van der Waals surface area contributed by atoms with Crippen molar-refractivity contribution in [3.63, 3.8) is 0 Å². The molecule has 4 fully saturated rings. The molecule has 9 nitrogen and oxygen atoms in total. The molecular formula is C19H16N2O7. The Morgan fingerprint density at radius 3 is 1.21 bits per heavy atom. The Bertz CT molecular complexity index is 791. The van der Waals surface area contributed by atoms with Gasteiger partial charge in [-0.25, -0.2) is 0 Å². The monoisotopic (exact) mass is 384 g/mol. The Morgan fingerprint density at radius 1 is 0.643 bits per heavy atom. The van der Waals surface area contributed by atoms with E-state index in [4.69, 9.17) is 9.68 Å². The van der Waals surface area contributed by atoms with Crippen LogP contribution >= 0.6 is 0 Å². The van der Waals surface area contributed by atoms with Crippen LogP contribution in [0.4, 0.5) is 4.79 Å². The van der Waals surface area contributed by atoms with Crippen molar-refractivity contribution in [2.45, 2.75) is 12.8 Å². The molecule has 0 radical (unpaired) electrons. The summed E-state index contributed by atoms with van der Waals surface area (Å²) in [6.45, 7) is 0. The lowest BCUT2D eigenvalue weighted by Gasteiger charge is -2.18. The lowest BCUT2D eigenvalue weighted by atomic mass is 9.85. The first-order chi connectivity index (χ1) is 13.5. The van der Waals surface area contributed by atoms with Crippen LogP contribution in [0.25, 0.3) is 0 Å². The maximum atomic E-state index is 12.5. The van der Waals surface area contributed by atoms with E-state index < -0.39 is 53.5 Å². The summed E-state index contributed by atoms with van der Waals surface area (Å²) in [5, 5.41) is 0.863. The second-order valence-electron chi connectivity index (χ2n) is 8.37. The van der Waals surface area contributed by atoms with Crippen LogP contribution in [0.2, 0.25) is 0 Å². The number of imide groups is 2. The van der Waals surface area contributed by atoms with Gasteiger partial charge in [0, 0.05) is 0 Å². The van der Waals surface area contributed by atoms with Gasteiger partial charge in [-0.2, -0.15) is 4.79 Å². The molecule has 4 amide bonds. The van der Waals surface area contributed by atoms with Crippen LogP contribution in [0, 0.1) is 47.3 Å². The minimum atomic E-state index is -1.44. The van der Waals surface area contributed by atoms with Gasteiger partial charge >= 0.3 is 6.16 Å². The topological polar surface area (TPSA) is 110 Å². The molecule has 0 N–H and O–H groups in total.